The molecular formula is C15H23BrN4O2. The molecule has 0 aromatic carbocycles. The van der Waals surface area contributed by atoms with Gasteiger partial charge in [0.05, 0.1) is 5.71 Å². The van der Waals surface area contributed by atoms with Crippen LogP contribution < -0.4 is 10.6 Å². The highest BCUT2D eigenvalue weighted by Gasteiger charge is 2.18. The van der Waals surface area contributed by atoms with Gasteiger partial charge in [-0.15, -0.1) is 0 Å². The van der Waals surface area contributed by atoms with Crippen LogP contribution in [-0.2, 0) is 4.84 Å². The normalized spacial score (nSPS) is 17.8. The Labute approximate surface area is 139 Å². The molecule has 6 nitrogen and oxygen atoms in total. The monoisotopic (exact) mass is 370 g/mol. The van der Waals surface area contributed by atoms with Crippen LogP contribution in [-0.4, -0.2) is 47.1 Å². The lowest BCUT2D eigenvalue weighted by Gasteiger charge is -2.22. The molecule has 0 spiro atoms. The Bertz CT molecular complexity index is 543. The fraction of sp³-hybridized carbons (Fsp3) is 0.600. The first kappa shape index (κ1) is 17.2. The number of anilines is 1. The second kappa shape index (κ2) is 7.39. The van der Waals surface area contributed by atoms with Crippen molar-refractivity contribution in [2.45, 2.75) is 38.8 Å². The Kier molecular flexibility index (Phi) is 5.77. The summed E-state index contributed by atoms with van der Waals surface area (Å²) in [6.45, 7) is 7.57. The maximum atomic E-state index is 9.89. The van der Waals surface area contributed by atoms with E-state index >= 15 is 0 Å². The minimum Gasteiger partial charge on any atom is -0.393 e. The standard InChI is InChI=1S/C15H23BrN4O2/c1-15(2,3)18-8-10(21)9-22-20-12-6-7-17-14-11(12)4-5-13(16)19-14/h4-5,10,18,21H,6-9H2,1-3H3,(H,17,19)/b20-12-/t10-/m0/s1. The van der Waals surface area contributed by atoms with Crippen LogP contribution in [0.5, 0.6) is 0 Å². The maximum Gasteiger partial charge on any atom is 0.144 e. The zero-order chi connectivity index (χ0) is 16.2. The average molecular weight is 371 g/mol. The number of oxime groups is 1. The van der Waals surface area contributed by atoms with Crippen LogP contribution in [0.15, 0.2) is 21.9 Å². The van der Waals surface area contributed by atoms with E-state index in [0.717, 1.165) is 34.7 Å². The quantitative estimate of drug-likeness (QED) is 0.546. The van der Waals surface area contributed by atoms with Gasteiger partial charge < -0.3 is 20.6 Å². The molecule has 2 rings (SSSR count). The maximum absolute atomic E-state index is 9.89. The van der Waals surface area contributed by atoms with Crippen LogP contribution in [0.1, 0.15) is 32.8 Å². The topological polar surface area (TPSA) is 78.8 Å². The van der Waals surface area contributed by atoms with Crippen molar-refractivity contribution in [2.75, 3.05) is 25.0 Å². The summed E-state index contributed by atoms with van der Waals surface area (Å²) < 4.78 is 0.782. The number of halogens is 1. The highest BCUT2D eigenvalue weighted by atomic mass is 79.9. The number of nitrogens with zero attached hydrogens (tertiary/aromatic N) is 2. The van der Waals surface area contributed by atoms with Crippen LogP contribution in [0.3, 0.4) is 0 Å². The van der Waals surface area contributed by atoms with Gasteiger partial charge in [0, 0.05) is 30.6 Å². The van der Waals surface area contributed by atoms with Crippen LogP contribution in [0.4, 0.5) is 5.82 Å². The van der Waals surface area contributed by atoms with Crippen LogP contribution in [0.2, 0.25) is 0 Å². The van der Waals surface area contributed by atoms with E-state index in [1.165, 1.54) is 0 Å². The molecule has 122 valence electrons. The number of hydrogen-bond donors (Lipinski definition) is 3. The van der Waals surface area contributed by atoms with E-state index in [0.29, 0.717) is 6.54 Å². The Hall–Kier alpha value is -1.18. The second-order valence-electron chi connectivity index (χ2n) is 6.33. The number of aliphatic hydroxyl groups excluding tert-OH is 1. The summed E-state index contributed by atoms with van der Waals surface area (Å²) in [5, 5.41) is 20.5. The summed E-state index contributed by atoms with van der Waals surface area (Å²) in [7, 11) is 0. The second-order valence-corrected chi connectivity index (χ2v) is 7.14. The highest BCUT2D eigenvalue weighted by Crippen LogP contribution is 2.22. The molecule has 0 saturated heterocycles. The number of fused-ring (bicyclic) bond motifs is 1. The molecule has 2 heterocycles. The van der Waals surface area contributed by atoms with Gasteiger partial charge in [-0.2, -0.15) is 0 Å². The van der Waals surface area contributed by atoms with Crippen molar-refractivity contribution >= 4 is 27.5 Å². The Balaban J connectivity index is 1.89. The first-order valence-electron chi connectivity index (χ1n) is 7.38. The zero-order valence-corrected chi connectivity index (χ0v) is 14.8. The Morgan fingerprint density at radius 1 is 1.50 bits per heavy atom. The third kappa shape index (κ3) is 5.23. The number of β-amino-alcohol motifs (C(OH)–C–C–N with tert-alkyl or cyclic N) is 1. The lowest BCUT2D eigenvalue weighted by molar-refractivity contribution is 0.0371. The predicted octanol–water partition coefficient (Wildman–Crippen LogP) is 2.13. The summed E-state index contributed by atoms with van der Waals surface area (Å²) in [5.41, 5.74) is 1.77. The van der Waals surface area contributed by atoms with Gasteiger partial charge in [-0.05, 0) is 48.8 Å². The Morgan fingerprint density at radius 3 is 3.00 bits per heavy atom. The number of hydrogen-bond acceptors (Lipinski definition) is 6. The molecule has 1 aromatic heterocycles. The number of aliphatic hydroxyl groups is 1. The zero-order valence-electron chi connectivity index (χ0n) is 13.2. The summed E-state index contributed by atoms with van der Waals surface area (Å²) in [4.78, 5) is 9.69. The molecular weight excluding hydrogens is 348 g/mol. The fourth-order valence-corrected chi connectivity index (χ4v) is 2.33. The SMILES string of the molecule is CC(C)(C)NC[C@H](O)CO/N=C1/CCNc2nc(Br)ccc21. The smallest absolute Gasteiger partial charge is 0.144 e. The van der Waals surface area contributed by atoms with Crippen LogP contribution in [0.25, 0.3) is 0 Å². The van der Waals surface area contributed by atoms with Gasteiger partial charge in [-0.3, -0.25) is 0 Å². The van der Waals surface area contributed by atoms with Gasteiger partial charge in [0.1, 0.15) is 23.1 Å². The van der Waals surface area contributed by atoms with Crippen molar-refractivity contribution in [3.63, 3.8) is 0 Å². The molecule has 1 aliphatic rings. The van der Waals surface area contributed by atoms with E-state index in [1.54, 1.807) is 0 Å². The number of aromatic nitrogens is 1. The van der Waals surface area contributed by atoms with Gasteiger partial charge >= 0.3 is 0 Å². The number of rotatable bonds is 5. The first-order valence-corrected chi connectivity index (χ1v) is 8.17. The molecule has 0 aliphatic carbocycles. The molecule has 1 aliphatic heterocycles. The molecule has 1 atom stereocenters. The van der Waals surface area contributed by atoms with Crippen LogP contribution in [0, 0.1) is 0 Å². The van der Waals surface area contributed by atoms with E-state index in [4.69, 9.17) is 4.84 Å². The van der Waals surface area contributed by atoms with E-state index in [-0.39, 0.29) is 12.1 Å². The van der Waals surface area contributed by atoms with E-state index in [1.807, 2.05) is 12.1 Å². The fourth-order valence-electron chi connectivity index (χ4n) is 2.02. The third-order valence-electron chi connectivity index (χ3n) is 3.14. The molecule has 1 aromatic rings. The number of pyridine rings is 1. The largest absolute Gasteiger partial charge is 0.393 e. The lowest BCUT2D eigenvalue weighted by atomic mass is 10.1. The first-order chi connectivity index (χ1) is 10.3. The summed E-state index contributed by atoms with van der Waals surface area (Å²) in [6.07, 6.45) is 0.180. The van der Waals surface area contributed by atoms with E-state index < -0.39 is 6.10 Å². The average Bonchev–Trinajstić information content (AvgIpc) is 2.44. The van der Waals surface area contributed by atoms with Gasteiger partial charge in [-0.25, -0.2) is 4.98 Å². The molecule has 0 saturated carbocycles. The molecule has 0 amide bonds. The van der Waals surface area contributed by atoms with Crippen molar-refractivity contribution in [3.8, 4) is 0 Å². The van der Waals surface area contributed by atoms with Crippen LogP contribution >= 0.6 is 15.9 Å². The molecule has 22 heavy (non-hydrogen) atoms. The minimum absolute atomic E-state index is 0.0279. The molecule has 0 radical (unpaired) electrons. The number of nitrogens with one attached hydrogen (secondary N) is 2. The van der Waals surface area contributed by atoms with Crippen molar-refractivity contribution < 1.29 is 9.94 Å². The van der Waals surface area contributed by atoms with E-state index in [2.05, 4.69) is 57.5 Å². The van der Waals surface area contributed by atoms with Gasteiger partial charge in [0.25, 0.3) is 0 Å². The summed E-state index contributed by atoms with van der Waals surface area (Å²) in [5.74, 6) is 0.804. The van der Waals surface area contributed by atoms with Gasteiger partial charge in [0.15, 0.2) is 0 Å². The van der Waals surface area contributed by atoms with E-state index in [9.17, 15) is 5.11 Å². The molecule has 7 heteroatoms. The summed E-state index contributed by atoms with van der Waals surface area (Å²) >= 11 is 3.35. The summed E-state index contributed by atoms with van der Waals surface area (Å²) in [6, 6.07) is 3.84. The molecule has 3 N–H and O–H groups in total. The Morgan fingerprint density at radius 2 is 2.27 bits per heavy atom. The molecule has 0 fully saturated rings. The van der Waals surface area contributed by atoms with Crippen molar-refractivity contribution in [1.29, 1.82) is 0 Å². The highest BCUT2D eigenvalue weighted by molar-refractivity contribution is 9.10. The molecule has 0 unspecified atom stereocenters. The predicted molar refractivity (Wildman–Crippen MR) is 91.3 cm³/mol. The van der Waals surface area contributed by atoms with Crippen molar-refractivity contribution in [1.82, 2.24) is 10.3 Å². The van der Waals surface area contributed by atoms with Crippen molar-refractivity contribution in [3.05, 3.63) is 22.3 Å². The minimum atomic E-state index is -0.590. The van der Waals surface area contributed by atoms with Gasteiger partial charge in [0.2, 0.25) is 0 Å². The third-order valence-corrected chi connectivity index (χ3v) is 3.58. The lowest BCUT2D eigenvalue weighted by Crippen LogP contribution is -2.42. The van der Waals surface area contributed by atoms with Crippen molar-refractivity contribution in [2.24, 2.45) is 5.16 Å². The van der Waals surface area contributed by atoms with Gasteiger partial charge in [-0.1, -0.05) is 5.16 Å². The molecule has 0 bridgehead atoms.